The summed E-state index contributed by atoms with van der Waals surface area (Å²) in [6.07, 6.45) is 6.02. The summed E-state index contributed by atoms with van der Waals surface area (Å²) in [4.78, 5) is 34.7. The third kappa shape index (κ3) is 9.53. The molecule has 0 N–H and O–H groups in total. The van der Waals surface area contributed by atoms with Crippen molar-refractivity contribution in [3.8, 4) is 0 Å². The minimum atomic E-state index is -0.805. The van der Waals surface area contributed by atoms with Crippen LogP contribution in [0.15, 0.2) is 42.6 Å². The zero-order valence-electron chi connectivity index (χ0n) is 21.6. The molecule has 37 heavy (non-hydrogen) atoms. The van der Waals surface area contributed by atoms with E-state index in [1.54, 1.807) is 6.20 Å². The first-order valence-electron chi connectivity index (χ1n) is 12.5. The molecule has 0 spiro atoms. The highest BCUT2D eigenvalue weighted by Crippen LogP contribution is 2.22. The average Bonchev–Trinajstić information content (AvgIpc) is 3.23. The first-order valence-corrected chi connectivity index (χ1v) is 12.5. The summed E-state index contributed by atoms with van der Waals surface area (Å²) in [5.41, 5.74) is 1.64. The Kier molecular flexibility index (Phi) is 10.9. The molecule has 9 nitrogen and oxygen atoms in total. The molecule has 1 fully saturated rings. The van der Waals surface area contributed by atoms with Crippen LogP contribution in [0, 0.1) is 0 Å². The van der Waals surface area contributed by atoms with Crippen LogP contribution in [0.5, 0.6) is 0 Å². The second kappa shape index (κ2) is 14.4. The Labute approximate surface area is 219 Å². The number of unbranched alkanes of at least 4 members (excludes halogenated alkanes) is 1. The molecule has 1 aliphatic heterocycles. The Hall–Kier alpha value is -3.40. The Bertz CT molecular complexity index is 1040. The number of anilines is 1. The lowest BCUT2D eigenvalue weighted by Crippen LogP contribution is -2.35. The van der Waals surface area contributed by atoms with Gasteiger partial charge in [0.1, 0.15) is 38.6 Å². The van der Waals surface area contributed by atoms with Crippen molar-refractivity contribution in [2.75, 3.05) is 25.1 Å². The molecule has 1 saturated heterocycles. The van der Waals surface area contributed by atoms with E-state index < -0.39 is 36.4 Å². The lowest BCUT2D eigenvalue weighted by atomic mass is 9.96. The number of likely N-dealkylation sites (N-methyl/N-ethyl adjacent to an activating group) is 1. The van der Waals surface area contributed by atoms with Gasteiger partial charge in [-0.25, -0.2) is 9.78 Å². The van der Waals surface area contributed by atoms with Gasteiger partial charge in [0.15, 0.2) is 0 Å². The van der Waals surface area contributed by atoms with E-state index in [0.717, 1.165) is 30.0 Å². The van der Waals surface area contributed by atoms with E-state index in [9.17, 15) is 9.59 Å². The van der Waals surface area contributed by atoms with Crippen LogP contribution in [-0.4, -0.2) is 74.5 Å². The number of hydrogen-bond donors (Lipinski definition) is 0. The predicted molar refractivity (Wildman–Crippen MR) is 141 cm³/mol. The fourth-order valence-electron chi connectivity index (χ4n) is 3.96. The number of hydrogen-bond acceptors (Lipinski definition) is 9. The molecule has 10 heteroatoms. The normalized spacial score (nSPS) is 19.9. The SMILES string of the molecule is [B][C@H]1CC(OC(C)=O)[C@@H](COC(=O)OC(CCCC)CN(C)c2cccc(/C=C/c3ccccn3)n2)O1. The number of carbonyl (C=O) groups excluding carboxylic acids is 2. The van der Waals surface area contributed by atoms with Gasteiger partial charge in [-0.2, -0.15) is 0 Å². The average molecular weight is 507 g/mol. The smallest absolute Gasteiger partial charge is 0.460 e. The molecule has 0 saturated carbocycles. The zero-order valence-corrected chi connectivity index (χ0v) is 21.6. The summed E-state index contributed by atoms with van der Waals surface area (Å²) in [6, 6.07) is 10.9. The number of pyridine rings is 2. The van der Waals surface area contributed by atoms with Gasteiger partial charge in [0.25, 0.3) is 0 Å². The van der Waals surface area contributed by atoms with E-state index in [4.69, 9.17) is 31.8 Å². The molecule has 0 amide bonds. The number of rotatable bonds is 12. The maximum absolute atomic E-state index is 12.5. The second-order valence-electron chi connectivity index (χ2n) is 8.93. The Morgan fingerprint density at radius 2 is 2.00 bits per heavy atom. The second-order valence-corrected chi connectivity index (χ2v) is 8.93. The zero-order chi connectivity index (χ0) is 26.6. The maximum atomic E-state index is 12.5. The summed E-state index contributed by atoms with van der Waals surface area (Å²) in [5, 5.41) is 0. The quantitative estimate of drug-likeness (QED) is 0.312. The standard InChI is InChI=1S/C27H34BN3O6/c1-4-5-11-22(36-27(33)34-18-24-23(35-19(2)32)16-25(28)37-24)17-31(3)26-12-8-10-21(30-26)14-13-20-9-6-7-15-29-20/h6-10,12-15,22-25H,4-5,11,16-18H2,1-3H3/b14-13+/t22?,23?,24-,25-/m1/s1. The number of aromatic nitrogens is 2. The summed E-state index contributed by atoms with van der Waals surface area (Å²) >= 11 is 0. The van der Waals surface area contributed by atoms with E-state index in [-0.39, 0.29) is 6.61 Å². The number of ether oxygens (including phenoxy) is 4. The Morgan fingerprint density at radius 1 is 1.22 bits per heavy atom. The Morgan fingerprint density at radius 3 is 2.73 bits per heavy atom. The first kappa shape index (κ1) is 28.2. The lowest BCUT2D eigenvalue weighted by molar-refractivity contribution is -0.150. The molecular weight excluding hydrogens is 473 g/mol. The molecule has 2 aromatic rings. The largest absolute Gasteiger partial charge is 0.508 e. The van der Waals surface area contributed by atoms with E-state index in [0.29, 0.717) is 19.4 Å². The van der Waals surface area contributed by atoms with Crippen molar-refractivity contribution >= 4 is 37.9 Å². The molecule has 196 valence electrons. The predicted octanol–water partition coefficient (Wildman–Crippen LogP) is 4.01. The van der Waals surface area contributed by atoms with Crippen molar-refractivity contribution in [3.05, 3.63) is 54.0 Å². The van der Waals surface area contributed by atoms with Crippen LogP contribution in [0.3, 0.4) is 0 Å². The monoisotopic (exact) mass is 507 g/mol. The van der Waals surface area contributed by atoms with E-state index in [1.807, 2.05) is 60.5 Å². The Balaban J connectivity index is 1.56. The fraction of sp³-hybridized carbons (Fsp3) is 0.481. The van der Waals surface area contributed by atoms with Crippen LogP contribution in [0.25, 0.3) is 12.2 Å². The van der Waals surface area contributed by atoms with Gasteiger partial charge < -0.3 is 23.8 Å². The molecule has 1 aliphatic rings. The molecule has 4 atom stereocenters. The molecule has 2 radical (unpaired) electrons. The molecule has 3 rings (SSSR count). The van der Waals surface area contributed by atoms with Gasteiger partial charge in [0.2, 0.25) is 0 Å². The van der Waals surface area contributed by atoms with Gasteiger partial charge in [0, 0.05) is 32.6 Å². The van der Waals surface area contributed by atoms with Crippen molar-refractivity contribution in [2.24, 2.45) is 0 Å². The number of nitrogens with zero attached hydrogens (tertiary/aromatic N) is 3. The minimum absolute atomic E-state index is 0.118. The molecule has 0 bridgehead atoms. The van der Waals surface area contributed by atoms with E-state index >= 15 is 0 Å². The van der Waals surface area contributed by atoms with Crippen LogP contribution in [-0.2, 0) is 23.7 Å². The third-order valence-corrected chi connectivity index (χ3v) is 5.79. The molecule has 2 unspecified atom stereocenters. The number of esters is 1. The minimum Gasteiger partial charge on any atom is -0.460 e. The van der Waals surface area contributed by atoms with Crippen LogP contribution in [0.1, 0.15) is 50.9 Å². The summed E-state index contributed by atoms with van der Waals surface area (Å²) in [5.74, 6) is 0.307. The molecule has 2 aromatic heterocycles. The van der Waals surface area contributed by atoms with Crippen molar-refractivity contribution in [2.45, 2.75) is 63.8 Å². The fourth-order valence-corrected chi connectivity index (χ4v) is 3.96. The first-order chi connectivity index (χ1) is 17.8. The highest BCUT2D eigenvalue weighted by molar-refractivity contribution is 6.11. The van der Waals surface area contributed by atoms with Crippen LogP contribution < -0.4 is 4.90 Å². The van der Waals surface area contributed by atoms with Crippen molar-refractivity contribution in [3.63, 3.8) is 0 Å². The van der Waals surface area contributed by atoms with Crippen LogP contribution >= 0.6 is 0 Å². The third-order valence-electron chi connectivity index (χ3n) is 5.79. The topological polar surface area (TPSA) is 100 Å². The van der Waals surface area contributed by atoms with Crippen molar-refractivity contribution in [1.29, 1.82) is 0 Å². The van der Waals surface area contributed by atoms with E-state index in [2.05, 4.69) is 11.9 Å². The molecule has 0 aromatic carbocycles. The van der Waals surface area contributed by atoms with Gasteiger partial charge in [0.05, 0.1) is 17.9 Å². The lowest BCUT2D eigenvalue weighted by Gasteiger charge is -2.25. The van der Waals surface area contributed by atoms with Gasteiger partial charge in [-0.05, 0) is 49.3 Å². The van der Waals surface area contributed by atoms with Crippen molar-refractivity contribution in [1.82, 2.24) is 9.97 Å². The maximum Gasteiger partial charge on any atom is 0.508 e. The highest BCUT2D eigenvalue weighted by atomic mass is 16.7. The summed E-state index contributed by atoms with van der Waals surface area (Å²) < 4.78 is 21.7. The van der Waals surface area contributed by atoms with E-state index in [1.165, 1.54) is 6.92 Å². The van der Waals surface area contributed by atoms with Crippen LogP contribution in [0.4, 0.5) is 10.6 Å². The molecule has 0 aliphatic carbocycles. The van der Waals surface area contributed by atoms with Gasteiger partial charge in [-0.3, -0.25) is 9.78 Å². The molecular formula is C27H34BN3O6. The van der Waals surface area contributed by atoms with Gasteiger partial charge in [-0.1, -0.05) is 25.5 Å². The summed E-state index contributed by atoms with van der Waals surface area (Å²) in [6.45, 7) is 3.71. The van der Waals surface area contributed by atoms with Gasteiger partial charge in [-0.15, -0.1) is 0 Å². The highest BCUT2D eigenvalue weighted by Gasteiger charge is 2.36. The van der Waals surface area contributed by atoms with Crippen LogP contribution in [0.2, 0.25) is 0 Å². The van der Waals surface area contributed by atoms with Gasteiger partial charge >= 0.3 is 12.1 Å². The number of carbonyl (C=O) groups is 2. The van der Waals surface area contributed by atoms with Crippen molar-refractivity contribution < 1.29 is 28.5 Å². The molecule has 3 heterocycles. The summed E-state index contributed by atoms with van der Waals surface area (Å²) in [7, 11) is 7.70.